The molecule has 2 saturated heterocycles. The molecule has 27 heavy (non-hydrogen) atoms. The molecule has 2 fully saturated rings. The van der Waals surface area contributed by atoms with Crippen molar-refractivity contribution in [1.29, 1.82) is 0 Å². The summed E-state index contributed by atoms with van der Waals surface area (Å²) in [5, 5.41) is 9.08. The predicted molar refractivity (Wildman–Crippen MR) is 102 cm³/mol. The molecule has 1 aromatic carbocycles. The highest BCUT2D eigenvalue weighted by atomic mass is 16.3. The zero-order valence-electron chi connectivity index (χ0n) is 15.9. The molecule has 3 aliphatic rings. The summed E-state index contributed by atoms with van der Waals surface area (Å²) in [7, 11) is 1.69. The number of aliphatic hydroxyl groups is 1. The molecule has 1 aromatic rings. The second-order valence-electron chi connectivity index (χ2n) is 7.44. The van der Waals surface area contributed by atoms with Crippen LogP contribution in [0, 0.1) is 13.8 Å². The smallest absolute Gasteiger partial charge is 0.328 e. The molecule has 0 spiro atoms. The molecule has 144 valence electrons. The number of aliphatic hydroxyl groups excluding tert-OH is 1. The molecular formula is C19H25N5O3. The third-order valence-corrected chi connectivity index (χ3v) is 5.44. The minimum absolute atomic E-state index is 0.0547. The van der Waals surface area contributed by atoms with Crippen LogP contribution in [0.15, 0.2) is 23.2 Å². The van der Waals surface area contributed by atoms with Gasteiger partial charge in [-0.25, -0.2) is 9.79 Å². The van der Waals surface area contributed by atoms with Crippen LogP contribution >= 0.6 is 0 Å². The Hall–Kier alpha value is -2.61. The van der Waals surface area contributed by atoms with Gasteiger partial charge in [0.1, 0.15) is 0 Å². The maximum Gasteiger partial charge on any atom is 0.328 e. The molecular weight excluding hydrogens is 346 g/mol. The van der Waals surface area contributed by atoms with Crippen molar-refractivity contribution >= 4 is 23.6 Å². The van der Waals surface area contributed by atoms with E-state index in [4.69, 9.17) is 10.1 Å². The van der Waals surface area contributed by atoms with Gasteiger partial charge in [0.05, 0.1) is 0 Å². The Labute approximate surface area is 158 Å². The quantitative estimate of drug-likeness (QED) is 0.846. The Morgan fingerprint density at radius 3 is 2.52 bits per heavy atom. The van der Waals surface area contributed by atoms with Crippen LogP contribution in [0.25, 0.3) is 0 Å². The first-order valence-corrected chi connectivity index (χ1v) is 9.31. The summed E-state index contributed by atoms with van der Waals surface area (Å²) >= 11 is 0. The number of rotatable bonds is 4. The predicted octanol–water partition coefficient (Wildman–Crippen LogP) is 0.766. The number of likely N-dealkylation sites (N-methyl/N-ethyl adjacent to an activating group) is 1. The minimum Gasteiger partial charge on any atom is -0.396 e. The normalized spacial score (nSPS) is 24.5. The number of imide groups is 1. The zero-order valence-corrected chi connectivity index (χ0v) is 15.9. The molecule has 3 amide bonds. The van der Waals surface area contributed by atoms with Crippen LogP contribution in [0.1, 0.15) is 17.5 Å². The Morgan fingerprint density at radius 1 is 1.15 bits per heavy atom. The first kappa shape index (κ1) is 17.8. The van der Waals surface area contributed by atoms with Crippen LogP contribution in [0.5, 0.6) is 0 Å². The van der Waals surface area contributed by atoms with Crippen molar-refractivity contribution < 1.29 is 14.7 Å². The highest BCUT2D eigenvalue weighted by molar-refractivity contribution is 6.08. The number of nitrogens with zero attached hydrogens (tertiary/aromatic N) is 5. The fourth-order valence-corrected chi connectivity index (χ4v) is 4.22. The van der Waals surface area contributed by atoms with Crippen molar-refractivity contribution in [2.24, 2.45) is 4.99 Å². The number of guanidine groups is 1. The molecule has 4 rings (SSSR count). The average molecular weight is 371 g/mol. The maximum atomic E-state index is 13.0. The van der Waals surface area contributed by atoms with Gasteiger partial charge in [-0.1, -0.05) is 6.07 Å². The van der Waals surface area contributed by atoms with Gasteiger partial charge in [-0.05, 0) is 43.5 Å². The molecule has 1 N–H and O–H groups in total. The van der Waals surface area contributed by atoms with Gasteiger partial charge >= 0.3 is 6.03 Å². The van der Waals surface area contributed by atoms with E-state index in [1.54, 1.807) is 7.05 Å². The van der Waals surface area contributed by atoms with Crippen molar-refractivity contribution in [3.8, 4) is 0 Å². The van der Waals surface area contributed by atoms with E-state index < -0.39 is 12.2 Å². The van der Waals surface area contributed by atoms with Crippen molar-refractivity contribution in [3.05, 3.63) is 29.3 Å². The Balaban J connectivity index is 1.65. The number of aryl methyl sites for hydroxylation is 2. The second kappa shape index (κ2) is 6.53. The summed E-state index contributed by atoms with van der Waals surface area (Å²) in [6.07, 6.45) is -0.121. The molecule has 0 radical (unpaired) electrons. The monoisotopic (exact) mass is 371 g/mol. The second-order valence-corrected chi connectivity index (χ2v) is 7.44. The number of benzene rings is 1. The molecule has 0 aliphatic carbocycles. The summed E-state index contributed by atoms with van der Waals surface area (Å²) in [5.41, 5.74) is 3.42. The lowest BCUT2D eigenvalue weighted by Crippen LogP contribution is -2.64. The number of fused-ring (bicyclic) bond motifs is 3. The molecule has 0 saturated carbocycles. The van der Waals surface area contributed by atoms with E-state index in [1.165, 1.54) is 20.9 Å². The highest BCUT2D eigenvalue weighted by Crippen LogP contribution is 2.33. The van der Waals surface area contributed by atoms with Gasteiger partial charge in [0.15, 0.2) is 12.2 Å². The molecule has 2 atom stereocenters. The Bertz CT molecular complexity index is 803. The molecule has 0 aromatic heterocycles. The van der Waals surface area contributed by atoms with Gasteiger partial charge in [0.2, 0.25) is 5.96 Å². The fourth-order valence-electron chi connectivity index (χ4n) is 4.22. The number of hydrogen-bond acceptors (Lipinski definition) is 6. The molecule has 3 aliphatic heterocycles. The van der Waals surface area contributed by atoms with Crippen LogP contribution in [0.3, 0.4) is 0 Å². The number of hydrogen-bond donors (Lipinski definition) is 1. The largest absolute Gasteiger partial charge is 0.396 e. The Morgan fingerprint density at radius 2 is 1.85 bits per heavy atom. The number of anilines is 1. The summed E-state index contributed by atoms with van der Waals surface area (Å²) in [6.45, 7) is 5.75. The lowest BCUT2D eigenvalue weighted by atomic mass is 10.1. The molecule has 8 nitrogen and oxygen atoms in total. The van der Waals surface area contributed by atoms with E-state index >= 15 is 0 Å². The van der Waals surface area contributed by atoms with E-state index in [0.717, 1.165) is 18.2 Å². The molecule has 3 heterocycles. The Kier molecular flexibility index (Phi) is 4.30. The van der Waals surface area contributed by atoms with Crippen LogP contribution in [-0.4, -0.2) is 83.2 Å². The van der Waals surface area contributed by atoms with Gasteiger partial charge in [0.25, 0.3) is 5.91 Å². The lowest BCUT2D eigenvalue weighted by Gasteiger charge is -2.40. The summed E-state index contributed by atoms with van der Waals surface area (Å²) in [5.74, 6) is 0.532. The number of aliphatic imine (C=N–C) groups is 1. The van der Waals surface area contributed by atoms with Crippen LogP contribution in [0.2, 0.25) is 0 Å². The van der Waals surface area contributed by atoms with Gasteiger partial charge < -0.3 is 19.8 Å². The van der Waals surface area contributed by atoms with Crippen molar-refractivity contribution in [2.45, 2.75) is 32.5 Å². The van der Waals surface area contributed by atoms with Crippen molar-refractivity contribution in [1.82, 2.24) is 14.7 Å². The minimum atomic E-state index is -0.501. The molecule has 0 bridgehead atoms. The SMILES string of the molecule is Cc1cc(C)cc(N2CCN3C2=NC2C3C(=O)N(CCCO)C(=O)N2C)c1. The van der Waals surface area contributed by atoms with E-state index in [-0.39, 0.29) is 25.1 Å². The summed E-state index contributed by atoms with van der Waals surface area (Å²) < 4.78 is 0. The van der Waals surface area contributed by atoms with Gasteiger partial charge in [0, 0.05) is 39.0 Å². The van der Waals surface area contributed by atoms with Gasteiger partial charge in [-0.3, -0.25) is 9.69 Å². The van der Waals surface area contributed by atoms with E-state index in [1.807, 2.05) is 4.90 Å². The number of carbonyl (C=O) groups is 2. The molecule has 8 heteroatoms. The third-order valence-electron chi connectivity index (χ3n) is 5.44. The summed E-state index contributed by atoms with van der Waals surface area (Å²) in [6, 6.07) is 5.52. The van der Waals surface area contributed by atoms with Crippen molar-refractivity contribution in [3.63, 3.8) is 0 Å². The van der Waals surface area contributed by atoms with Crippen molar-refractivity contribution in [2.75, 3.05) is 38.2 Å². The zero-order chi connectivity index (χ0) is 19.3. The fraction of sp³-hybridized carbons (Fsp3) is 0.526. The maximum absolute atomic E-state index is 13.0. The van der Waals surface area contributed by atoms with Crippen LogP contribution in [-0.2, 0) is 4.79 Å². The summed E-state index contributed by atoms with van der Waals surface area (Å²) in [4.78, 5) is 37.3. The van der Waals surface area contributed by atoms with Gasteiger partial charge in [-0.15, -0.1) is 0 Å². The van der Waals surface area contributed by atoms with E-state index in [9.17, 15) is 9.59 Å². The van der Waals surface area contributed by atoms with E-state index in [0.29, 0.717) is 13.0 Å². The average Bonchev–Trinajstić information content (AvgIpc) is 3.18. The van der Waals surface area contributed by atoms with Gasteiger partial charge in [-0.2, -0.15) is 0 Å². The third kappa shape index (κ3) is 2.75. The molecule has 2 unspecified atom stereocenters. The van der Waals surface area contributed by atoms with E-state index in [2.05, 4.69) is 36.9 Å². The first-order chi connectivity index (χ1) is 12.9. The van der Waals surface area contributed by atoms with Crippen LogP contribution in [0.4, 0.5) is 10.5 Å². The number of carbonyl (C=O) groups excluding carboxylic acids is 2. The lowest BCUT2D eigenvalue weighted by molar-refractivity contribution is -0.137. The highest BCUT2D eigenvalue weighted by Gasteiger charge is 2.54. The van der Waals surface area contributed by atoms with Crippen LogP contribution < -0.4 is 4.90 Å². The first-order valence-electron chi connectivity index (χ1n) is 9.31. The standard InChI is InChI=1S/C19H25N5O3/c1-12-9-13(2)11-14(10-12)22-6-7-23-15-16(20-18(22)23)21(3)19(27)24(17(15)26)5-4-8-25/h9-11,15-16,25H,4-8H2,1-3H3. The topological polar surface area (TPSA) is 79.7 Å². The number of amides is 3. The number of urea groups is 1.